The van der Waals surface area contributed by atoms with Crippen molar-refractivity contribution >= 4 is 17.5 Å². The molecule has 162 valence electrons. The van der Waals surface area contributed by atoms with Crippen molar-refractivity contribution in [2.24, 2.45) is 5.92 Å². The first-order chi connectivity index (χ1) is 14.5. The van der Waals surface area contributed by atoms with Gasteiger partial charge in [0.05, 0.1) is 18.7 Å². The number of carbonyl (C=O) groups is 1. The maximum Gasteiger partial charge on any atom is 0.254 e. The number of benzene rings is 2. The molecule has 30 heavy (non-hydrogen) atoms. The van der Waals surface area contributed by atoms with Gasteiger partial charge in [-0.2, -0.15) is 0 Å². The highest BCUT2D eigenvalue weighted by molar-refractivity contribution is 6.32. The monoisotopic (exact) mass is 430 g/mol. The molecule has 1 aliphatic heterocycles. The second-order valence-corrected chi connectivity index (χ2v) is 8.51. The van der Waals surface area contributed by atoms with Crippen LogP contribution in [0.5, 0.6) is 11.5 Å². The number of hydrogen-bond acceptors (Lipinski definition) is 4. The Labute approximate surface area is 184 Å². The van der Waals surface area contributed by atoms with Gasteiger partial charge in [-0.1, -0.05) is 55.8 Å². The van der Waals surface area contributed by atoms with Gasteiger partial charge in [0.25, 0.3) is 5.91 Å². The first-order valence-corrected chi connectivity index (χ1v) is 10.9. The Morgan fingerprint density at radius 2 is 1.87 bits per heavy atom. The molecule has 0 N–H and O–H groups in total. The normalized spacial score (nSPS) is 15.2. The largest absolute Gasteiger partial charge is 0.493 e. The number of carbonyl (C=O) groups excluding carboxylic acids is 1. The van der Waals surface area contributed by atoms with Crippen LogP contribution in [0.25, 0.3) is 0 Å². The molecule has 2 aromatic carbocycles. The van der Waals surface area contributed by atoms with Crippen LogP contribution in [0.4, 0.5) is 0 Å². The average Bonchev–Trinajstić information content (AvgIpc) is 2.98. The number of halogens is 1. The fourth-order valence-electron chi connectivity index (χ4n) is 3.59. The first kappa shape index (κ1) is 22.4. The molecule has 0 atom stereocenters. The zero-order chi connectivity index (χ0) is 21.5. The van der Waals surface area contributed by atoms with E-state index in [1.54, 1.807) is 19.2 Å². The highest BCUT2D eigenvalue weighted by Crippen LogP contribution is 2.37. The van der Waals surface area contributed by atoms with Crippen LogP contribution in [-0.4, -0.2) is 55.6 Å². The van der Waals surface area contributed by atoms with Gasteiger partial charge in [-0.3, -0.25) is 9.69 Å². The van der Waals surface area contributed by atoms with E-state index in [2.05, 4.69) is 43.0 Å². The molecule has 2 aromatic rings. The minimum absolute atomic E-state index is 0.0211. The summed E-state index contributed by atoms with van der Waals surface area (Å²) in [4.78, 5) is 17.5. The van der Waals surface area contributed by atoms with Crippen molar-refractivity contribution < 1.29 is 14.3 Å². The summed E-state index contributed by atoms with van der Waals surface area (Å²) in [5.74, 6) is 1.33. The van der Waals surface area contributed by atoms with E-state index in [1.807, 2.05) is 11.0 Å². The maximum atomic E-state index is 13.2. The zero-order valence-corrected chi connectivity index (χ0v) is 18.8. The highest BCUT2D eigenvalue weighted by atomic mass is 35.5. The number of amides is 1. The molecule has 0 bridgehead atoms. The third-order valence-corrected chi connectivity index (χ3v) is 5.44. The molecule has 0 aliphatic carbocycles. The Balaban J connectivity index is 1.67. The number of nitrogens with zero attached hydrogens (tertiary/aromatic N) is 2. The van der Waals surface area contributed by atoms with Crippen molar-refractivity contribution in [1.29, 1.82) is 0 Å². The van der Waals surface area contributed by atoms with E-state index in [-0.39, 0.29) is 5.91 Å². The Morgan fingerprint density at radius 1 is 1.10 bits per heavy atom. The van der Waals surface area contributed by atoms with Crippen LogP contribution in [0.2, 0.25) is 5.02 Å². The second-order valence-electron chi connectivity index (χ2n) is 8.10. The summed E-state index contributed by atoms with van der Waals surface area (Å²) >= 11 is 6.44. The molecule has 0 aromatic heterocycles. The average molecular weight is 431 g/mol. The van der Waals surface area contributed by atoms with Crippen LogP contribution in [0.1, 0.15) is 36.2 Å². The molecule has 1 heterocycles. The molecule has 0 saturated carbocycles. The maximum absolute atomic E-state index is 13.2. The molecule has 6 heteroatoms. The third kappa shape index (κ3) is 5.89. The van der Waals surface area contributed by atoms with Crippen LogP contribution in [0.3, 0.4) is 0 Å². The fourth-order valence-corrected chi connectivity index (χ4v) is 3.85. The summed E-state index contributed by atoms with van der Waals surface area (Å²) in [6, 6.07) is 13.9. The minimum Gasteiger partial charge on any atom is -0.493 e. The van der Waals surface area contributed by atoms with E-state index < -0.39 is 0 Å². The number of rotatable bonds is 7. The van der Waals surface area contributed by atoms with Gasteiger partial charge >= 0.3 is 0 Å². The Bertz CT molecular complexity index is 842. The summed E-state index contributed by atoms with van der Waals surface area (Å²) < 4.78 is 11.3. The van der Waals surface area contributed by atoms with Crippen molar-refractivity contribution in [2.45, 2.75) is 26.8 Å². The lowest BCUT2D eigenvalue weighted by molar-refractivity contribution is 0.0760. The summed E-state index contributed by atoms with van der Waals surface area (Å²) in [6.45, 7) is 8.83. The number of hydrogen-bond donors (Lipinski definition) is 0. The molecule has 0 spiro atoms. The lowest BCUT2D eigenvalue weighted by atomic mass is 10.1. The highest BCUT2D eigenvalue weighted by Gasteiger charge is 2.23. The lowest BCUT2D eigenvalue weighted by Gasteiger charge is -2.23. The van der Waals surface area contributed by atoms with Crippen LogP contribution >= 0.6 is 11.6 Å². The lowest BCUT2D eigenvalue weighted by Crippen LogP contribution is -2.35. The summed E-state index contributed by atoms with van der Waals surface area (Å²) in [5, 5.41) is 0.402. The van der Waals surface area contributed by atoms with E-state index in [1.165, 1.54) is 5.56 Å². The van der Waals surface area contributed by atoms with Gasteiger partial charge < -0.3 is 14.4 Å². The van der Waals surface area contributed by atoms with E-state index in [0.29, 0.717) is 41.2 Å². The molecule has 1 fully saturated rings. The topological polar surface area (TPSA) is 42.0 Å². The minimum atomic E-state index is -0.0211. The van der Waals surface area contributed by atoms with Crippen molar-refractivity contribution in [3.63, 3.8) is 0 Å². The third-order valence-electron chi connectivity index (χ3n) is 5.16. The van der Waals surface area contributed by atoms with Gasteiger partial charge in [0, 0.05) is 38.3 Å². The van der Waals surface area contributed by atoms with Gasteiger partial charge in [-0.05, 0) is 30.0 Å². The zero-order valence-electron chi connectivity index (χ0n) is 18.1. The smallest absolute Gasteiger partial charge is 0.254 e. The van der Waals surface area contributed by atoms with Crippen LogP contribution in [-0.2, 0) is 6.54 Å². The Hall–Kier alpha value is -2.24. The molecule has 0 unspecified atom stereocenters. The molecule has 3 rings (SSSR count). The predicted octanol–water partition coefficient (Wildman–Crippen LogP) is 4.73. The number of methoxy groups -OCH3 is 1. The van der Waals surface area contributed by atoms with Gasteiger partial charge in [-0.25, -0.2) is 0 Å². The van der Waals surface area contributed by atoms with Crippen LogP contribution < -0.4 is 9.47 Å². The van der Waals surface area contributed by atoms with E-state index in [0.717, 1.165) is 32.6 Å². The molecule has 1 amide bonds. The van der Waals surface area contributed by atoms with Gasteiger partial charge in [0.15, 0.2) is 11.5 Å². The quantitative estimate of drug-likeness (QED) is 0.636. The van der Waals surface area contributed by atoms with Gasteiger partial charge in [0.2, 0.25) is 0 Å². The molecular formula is C24H31ClN2O3. The van der Waals surface area contributed by atoms with E-state index in [4.69, 9.17) is 21.1 Å². The van der Waals surface area contributed by atoms with Crippen molar-refractivity contribution in [2.75, 3.05) is 39.9 Å². The number of ether oxygens (including phenoxy) is 2. The van der Waals surface area contributed by atoms with Crippen molar-refractivity contribution in [3.05, 3.63) is 58.6 Å². The standard InChI is InChI=1S/C24H31ClN2O3/c1-18(2)17-30-23-21(25)14-20(15-22(23)29-3)24(28)27-11-7-10-26(12-13-27)16-19-8-5-4-6-9-19/h4-6,8-9,14-15,18H,7,10-13,16-17H2,1-3H3. The van der Waals surface area contributed by atoms with Gasteiger partial charge in [0.1, 0.15) is 0 Å². The summed E-state index contributed by atoms with van der Waals surface area (Å²) in [7, 11) is 1.57. The molecule has 5 nitrogen and oxygen atoms in total. The summed E-state index contributed by atoms with van der Waals surface area (Å²) in [5.41, 5.74) is 1.83. The second kappa shape index (κ2) is 10.7. The van der Waals surface area contributed by atoms with E-state index >= 15 is 0 Å². The fraction of sp³-hybridized carbons (Fsp3) is 0.458. The van der Waals surface area contributed by atoms with Crippen LogP contribution in [0.15, 0.2) is 42.5 Å². The predicted molar refractivity (Wildman–Crippen MR) is 121 cm³/mol. The van der Waals surface area contributed by atoms with E-state index in [9.17, 15) is 4.79 Å². The molecule has 0 radical (unpaired) electrons. The Morgan fingerprint density at radius 3 is 2.57 bits per heavy atom. The van der Waals surface area contributed by atoms with Crippen molar-refractivity contribution in [3.8, 4) is 11.5 Å². The first-order valence-electron chi connectivity index (χ1n) is 10.5. The van der Waals surface area contributed by atoms with Gasteiger partial charge in [-0.15, -0.1) is 0 Å². The van der Waals surface area contributed by atoms with Crippen LogP contribution in [0, 0.1) is 5.92 Å². The summed E-state index contributed by atoms with van der Waals surface area (Å²) in [6.07, 6.45) is 0.943. The van der Waals surface area contributed by atoms with Crippen molar-refractivity contribution in [1.82, 2.24) is 9.80 Å². The Kier molecular flexibility index (Phi) is 8.00. The SMILES string of the molecule is COc1cc(C(=O)N2CCCN(Cc3ccccc3)CC2)cc(Cl)c1OCC(C)C. The molecule has 1 saturated heterocycles. The molecule has 1 aliphatic rings. The molecular weight excluding hydrogens is 400 g/mol.